The largest absolute Gasteiger partial charge is 0.490 e. The molecule has 0 N–H and O–H groups in total. The predicted molar refractivity (Wildman–Crippen MR) is 133 cm³/mol. The van der Waals surface area contributed by atoms with Crippen LogP contribution in [0.2, 0.25) is 0 Å². The smallest absolute Gasteiger partial charge is 0.338 e. The number of fused-ring (bicyclic) bond motifs is 1. The second-order valence-electron chi connectivity index (χ2n) is 7.82. The molecule has 1 aliphatic heterocycles. The van der Waals surface area contributed by atoms with Gasteiger partial charge in [0.1, 0.15) is 11.5 Å². The summed E-state index contributed by atoms with van der Waals surface area (Å²) in [6.07, 6.45) is 1.70. The molecule has 1 aliphatic rings. The Kier molecular flexibility index (Phi) is 7.25. The minimum Gasteiger partial charge on any atom is -0.490 e. The number of carbonyl (C=O) groups excluding carboxylic acids is 1. The van der Waals surface area contributed by atoms with Crippen LogP contribution in [0.1, 0.15) is 50.8 Å². The van der Waals surface area contributed by atoms with E-state index in [1.54, 1.807) is 32.1 Å². The number of furan rings is 1. The highest BCUT2D eigenvalue weighted by molar-refractivity contribution is 7.07. The van der Waals surface area contributed by atoms with E-state index in [4.69, 9.17) is 18.6 Å². The monoisotopic (exact) mass is 496 g/mol. The van der Waals surface area contributed by atoms with Crippen molar-refractivity contribution in [2.45, 2.75) is 40.7 Å². The number of hydrogen-bond acceptors (Lipinski definition) is 8. The Balaban J connectivity index is 1.95. The molecule has 0 aliphatic carbocycles. The maximum atomic E-state index is 13.6. The van der Waals surface area contributed by atoms with Crippen molar-refractivity contribution in [3.8, 4) is 11.5 Å². The average Bonchev–Trinajstić information content (AvgIpc) is 3.37. The molecule has 35 heavy (non-hydrogen) atoms. The van der Waals surface area contributed by atoms with Crippen molar-refractivity contribution >= 4 is 23.4 Å². The average molecular weight is 497 g/mol. The summed E-state index contributed by atoms with van der Waals surface area (Å²) < 4.78 is 24.5. The molecule has 2 aromatic heterocycles. The minimum absolute atomic E-state index is 0.206. The SMILES string of the molecule is CCOC(=O)C1=C(C)N=c2s/c(=C\c3ccc(C)o3)c(=O)n2C1c1ccc(OCC)c(OCC)c1. The fourth-order valence-electron chi connectivity index (χ4n) is 4.00. The highest BCUT2D eigenvalue weighted by atomic mass is 32.1. The molecule has 8 nitrogen and oxygen atoms in total. The molecular formula is C26H28N2O6S. The Morgan fingerprint density at radius 2 is 1.83 bits per heavy atom. The Morgan fingerprint density at radius 1 is 1.09 bits per heavy atom. The molecule has 1 atom stereocenters. The van der Waals surface area contributed by atoms with E-state index in [-0.39, 0.29) is 12.2 Å². The van der Waals surface area contributed by atoms with Crippen molar-refractivity contribution in [1.82, 2.24) is 4.57 Å². The zero-order valence-electron chi connectivity index (χ0n) is 20.4. The maximum absolute atomic E-state index is 13.6. The lowest BCUT2D eigenvalue weighted by molar-refractivity contribution is -0.139. The van der Waals surface area contributed by atoms with Crippen molar-refractivity contribution in [3.63, 3.8) is 0 Å². The molecule has 3 aromatic rings. The van der Waals surface area contributed by atoms with Gasteiger partial charge in [-0.15, -0.1) is 0 Å². The van der Waals surface area contributed by atoms with E-state index < -0.39 is 12.0 Å². The van der Waals surface area contributed by atoms with Crippen molar-refractivity contribution < 1.29 is 23.4 Å². The van der Waals surface area contributed by atoms with E-state index in [0.717, 1.165) is 5.76 Å². The van der Waals surface area contributed by atoms with Gasteiger partial charge < -0.3 is 18.6 Å². The molecule has 9 heteroatoms. The lowest BCUT2D eigenvalue weighted by Gasteiger charge is -2.25. The third-order valence-corrected chi connectivity index (χ3v) is 6.42. The van der Waals surface area contributed by atoms with Crippen LogP contribution < -0.4 is 24.4 Å². The fraction of sp³-hybridized carbons (Fsp3) is 0.346. The van der Waals surface area contributed by atoms with Gasteiger partial charge in [0.05, 0.1) is 41.7 Å². The molecule has 4 rings (SSSR count). The number of thiazole rings is 1. The van der Waals surface area contributed by atoms with Gasteiger partial charge in [-0.05, 0) is 64.4 Å². The number of esters is 1. The van der Waals surface area contributed by atoms with Gasteiger partial charge in [0, 0.05) is 6.08 Å². The van der Waals surface area contributed by atoms with Crippen LogP contribution in [-0.2, 0) is 9.53 Å². The molecule has 3 heterocycles. The molecule has 0 bridgehead atoms. The molecule has 0 spiro atoms. The Hall–Kier alpha value is -3.59. The van der Waals surface area contributed by atoms with Crippen LogP contribution in [0, 0.1) is 6.92 Å². The second kappa shape index (κ2) is 10.4. The summed E-state index contributed by atoms with van der Waals surface area (Å²) in [5.74, 6) is 1.95. The summed E-state index contributed by atoms with van der Waals surface area (Å²) in [6.45, 7) is 10.2. The molecule has 1 unspecified atom stereocenters. The third kappa shape index (κ3) is 4.81. The molecule has 0 saturated heterocycles. The second-order valence-corrected chi connectivity index (χ2v) is 8.83. The fourth-order valence-corrected chi connectivity index (χ4v) is 5.03. The number of rotatable bonds is 8. The Labute approximate surface area is 206 Å². The topological polar surface area (TPSA) is 92.3 Å². The summed E-state index contributed by atoms with van der Waals surface area (Å²) in [5.41, 5.74) is 1.23. The number of hydrogen-bond donors (Lipinski definition) is 0. The first-order chi connectivity index (χ1) is 16.9. The van der Waals surface area contributed by atoms with E-state index in [1.807, 2.05) is 39.0 Å². The number of aromatic nitrogens is 1. The third-order valence-electron chi connectivity index (χ3n) is 5.43. The number of ether oxygens (including phenoxy) is 3. The van der Waals surface area contributed by atoms with Crippen molar-refractivity contribution in [1.29, 1.82) is 0 Å². The van der Waals surface area contributed by atoms with Crippen LogP contribution in [0.4, 0.5) is 0 Å². The molecule has 0 fully saturated rings. The first-order valence-corrected chi connectivity index (χ1v) is 12.3. The molecular weight excluding hydrogens is 468 g/mol. The van der Waals surface area contributed by atoms with Crippen LogP contribution in [0.3, 0.4) is 0 Å². The molecule has 184 valence electrons. The molecule has 0 saturated carbocycles. The van der Waals surface area contributed by atoms with E-state index in [2.05, 4.69) is 4.99 Å². The Morgan fingerprint density at radius 3 is 2.49 bits per heavy atom. The van der Waals surface area contributed by atoms with Gasteiger partial charge >= 0.3 is 5.97 Å². The minimum atomic E-state index is -0.735. The van der Waals surface area contributed by atoms with Gasteiger partial charge in [-0.1, -0.05) is 17.4 Å². The normalized spacial score (nSPS) is 15.6. The molecule has 1 aromatic carbocycles. The van der Waals surface area contributed by atoms with Gasteiger partial charge in [0.2, 0.25) is 0 Å². The van der Waals surface area contributed by atoms with Gasteiger partial charge in [-0.3, -0.25) is 9.36 Å². The van der Waals surface area contributed by atoms with E-state index >= 15 is 0 Å². The van der Waals surface area contributed by atoms with Gasteiger partial charge in [-0.2, -0.15) is 0 Å². The number of benzene rings is 1. The van der Waals surface area contributed by atoms with Gasteiger partial charge in [0.15, 0.2) is 16.3 Å². The summed E-state index contributed by atoms with van der Waals surface area (Å²) in [6, 6.07) is 8.35. The van der Waals surface area contributed by atoms with Crippen LogP contribution in [0.25, 0.3) is 6.08 Å². The van der Waals surface area contributed by atoms with Crippen LogP contribution in [0.15, 0.2) is 55.8 Å². The van der Waals surface area contributed by atoms with Crippen LogP contribution in [0.5, 0.6) is 11.5 Å². The number of carbonyl (C=O) groups is 1. The first-order valence-electron chi connectivity index (χ1n) is 11.5. The summed E-state index contributed by atoms with van der Waals surface area (Å²) >= 11 is 1.25. The first kappa shape index (κ1) is 24.5. The number of aryl methyl sites for hydroxylation is 1. The maximum Gasteiger partial charge on any atom is 0.338 e. The Bertz CT molecular complexity index is 1460. The highest BCUT2D eigenvalue weighted by Gasteiger charge is 2.34. The van der Waals surface area contributed by atoms with Crippen molar-refractivity contribution in [2.75, 3.05) is 19.8 Å². The summed E-state index contributed by atoms with van der Waals surface area (Å²) in [4.78, 5) is 31.8. The number of nitrogens with zero attached hydrogens (tertiary/aromatic N) is 2. The van der Waals surface area contributed by atoms with Gasteiger partial charge in [0.25, 0.3) is 5.56 Å². The lowest BCUT2D eigenvalue weighted by atomic mass is 9.95. The van der Waals surface area contributed by atoms with E-state index in [9.17, 15) is 9.59 Å². The van der Waals surface area contributed by atoms with E-state index in [0.29, 0.717) is 56.6 Å². The van der Waals surface area contributed by atoms with Crippen molar-refractivity contribution in [3.05, 3.63) is 78.4 Å². The lowest BCUT2D eigenvalue weighted by Crippen LogP contribution is -2.40. The van der Waals surface area contributed by atoms with Crippen molar-refractivity contribution in [2.24, 2.45) is 4.99 Å². The summed E-state index contributed by atoms with van der Waals surface area (Å²) in [7, 11) is 0. The molecule has 0 radical (unpaired) electrons. The standard InChI is InChI=1S/C26H28N2O6S/c1-6-31-19-12-10-17(13-20(19)32-7-2)23-22(25(30)33-8-3)16(5)27-26-28(23)24(29)21(35-26)14-18-11-9-15(4)34-18/h9-14,23H,6-8H2,1-5H3/b21-14-. The summed E-state index contributed by atoms with van der Waals surface area (Å²) in [5, 5.41) is 0. The predicted octanol–water partition coefficient (Wildman–Crippen LogP) is 3.50. The highest BCUT2D eigenvalue weighted by Crippen LogP contribution is 2.36. The van der Waals surface area contributed by atoms with E-state index in [1.165, 1.54) is 15.9 Å². The zero-order valence-corrected chi connectivity index (χ0v) is 21.2. The van der Waals surface area contributed by atoms with Crippen LogP contribution in [-0.4, -0.2) is 30.4 Å². The van der Waals surface area contributed by atoms with Crippen LogP contribution >= 0.6 is 11.3 Å². The number of allylic oxidation sites excluding steroid dienone is 1. The zero-order chi connectivity index (χ0) is 25.1. The quantitative estimate of drug-likeness (QED) is 0.443. The molecule has 0 amide bonds. The van der Waals surface area contributed by atoms with Gasteiger partial charge in [-0.25, -0.2) is 9.79 Å².